The summed E-state index contributed by atoms with van der Waals surface area (Å²) >= 11 is 1.66. The monoisotopic (exact) mass is 250 g/mol. The smallest absolute Gasteiger partial charge is 0.123 e. The van der Waals surface area contributed by atoms with Gasteiger partial charge < -0.3 is 0 Å². The van der Waals surface area contributed by atoms with Crippen LogP contribution in [0.3, 0.4) is 0 Å². The molecule has 0 aliphatic rings. The van der Waals surface area contributed by atoms with Crippen LogP contribution in [0, 0.1) is 0 Å². The third-order valence-corrected chi connectivity index (χ3v) is 2.28. The Labute approximate surface area is 101 Å². The second-order valence-corrected chi connectivity index (χ2v) is 3.10. The first-order valence-corrected chi connectivity index (χ1v) is 4.30. The van der Waals surface area contributed by atoms with Crippen molar-refractivity contribution in [2.45, 2.75) is 0 Å². The molecule has 0 aliphatic heterocycles. The van der Waals surface area contributed by atoms with E-state index in [9.17, 15) is 0 Å². The summed E-state index contributed by atoms with van der Waals surface area (Å²) in [6.07, 6.45) is 1.83. The Hall–Kier alpha value is -0.0461. The van der Waals surface area contributed by atoms with Crippen LogP contribution in [-0.2, 0) is 32.7 Å². The maximum Gasteiger partial charge on any atom is 0.123 e. The minimum absolute atomic E-state index is 0. The van der Waals surface area contributed by atoms with Crippen LogP contribution in [-0.4, -0.2) is 4.98 Å². The maximum absolute atomic E-state index is 4.20. The first kappa shape index (κ1) is 10.0. The van der Waals surface area contributed by atoms with Gasteiger partial charge in [0.1, 0.15) is 5.01 Å². The van der Waals surface area contributed by atoms with Crippen LogP contribution in [0.2, 0.25) is 0 Å². The molecule has 1 aromatic heterocycles. The Morgan fingerprint density at radius 1 is 1.08 bits per heavy atom. The van der Waals surface area contributed by atoms with Crippen LogP contribution in [0.4, 0.5) is 0 Å². The largest absolute Gasteiger partial charge is 0.245 e. The van der Waals surface area contributed by atoms with Crippen molar-refractivity contribution >= 4 is 11.3 Å². The Bertz CT molecular complexity index is 318. The summed E-state index contributed by atoms with van der Waals surface area (Å²) < 4.78 is 0. The summed E-state index contributed by atoms with van der Waals surface area (Å²) in [6.45, 7) is 0. The summed E-state index contributed by atoms with van der Waals surface area (Å²) in [5.74, 6) is 0. The number of benzene rings is 1. The molecule has 3 heteroatoms. The predicted molar refractivity (Wildman–Crippen MR) is 47.6 cm³/mol. The summed E-state index contributed by atoms with van der Waals surface area (Å²) in [6, 6.07) is 10.2. The third-order valence-electron chi connectivity index (χ3n) is 1.45. The fraction of sp³-hybridized carbons (Fsp3) is 0. The van der Waals surface area contributed by atoms with Crippen LogP contribution < -0.4 is 0 Å². The molecule has 1 heterocycles. The van der Waals surface area contributed by atoms with Gasteiger partial charge in [-0.2, -0.15) is 0 Å². The minimum atomic E-state index is 0. The zero-order valence-electron chi connectivity index (χ0n) is 6.47. The van der Waals surface area contributed by atoms with Crippen molar-refractivity contribution in [2.75, 3.05) is 0 Å². The fourth-order valence-electron chi connectivity index (χ4n) is 0.947. The molecule has 1 nitrogen and oxygen atoms in total. The van der Waals surface area contributed by atoms with Gasteiger partial charge in [0, 0.05) is 49.8 Å². The van der Waals surface area contributed by atoms with Crippen molar-refractivity contribution in [1.29, 1.82) is 0 Å². The van der Waals surface area contributed by atoms with Gasteiger partial charge in [0.15, 0.2) is 0 Å². The molecule has 0 bridgehead atoms. The van der Waals surface area contributed by atoms with Gasteiger partial charge in [0.2, 0.25) is 0 Å². The van der Waals surface area contributed by atoms with E-state index in [1.807, 2.05) is 29.8 Å². The second-order valence-electron chi connectivity index (χ2n) is 2.20. The van der Waals surface area contributed by atoms with Gasteiger partial charge in [0.25, 0.3) is 0 Å². The van der Waals surface area contributed by atoms with E-state index >= 15 is 0 Å². The van der Waals surface area contributed by atoms with Crippen LogP contribution in [0.1, 0.15) is 0 Å². The normalized spacial score (nSPS) is 9.00. The Morgan fingerprint density at radius 2 is 1.83 bits per heavy atom. The van der Waals surface area contributed by atoms with E-state index in [4.69, 9.17) is 0 Å². The molecule has 0 saturated carbocycles. The molecule has 0 N–H and O–H groups in total. The molecule has 0 aliphatic carbocycles. The quantitative estimate of drug-likeness (QED) is 0.758. The molecule has 57 valence electrons. The number of nitrogens with zero attached hydrogens (tertiary/aromatic N) is 1. The molecule has 2 aromatic rings. The summed E-state index contributed by atoms with van der Waals surface area (Å²) in [4.78, 5) is 4.20. The van der Waals surface area contributed by atoms with Gasteiger partial charge in [-0.1, -0.05) is 30.3 Å². The molecule has 0 saturated heterocycles. The van der Waals surface area contributed by atoms with E-state index in [-0.39, 0.29) is 32.7 Å². The van der Waals surface area contributed by atoms with Gasteiger partial charge in [-0.05, 0) is 0 Å². The average Bonchev–Trinajstić information content (AvgIpc) is 2.58. The summed E-state index contributed by atoms with van der Waals surface area (Å²) in [7, 11) is 0. The van der Waals surface area contributed by atoms with E-state index in [2.05, 4.69) is 17.1 Å². The third kappa shape index (κ3) is 2.22. The second kappa shape index (κ2) is 4.85. The zero-order valence-corrected chi connectivity index (χ0v) is 10.1. The number of aromatic nitrogens is 1. The number of hydrogen-bond donors (Lipinski definition) is 0. The van der Waals surface area contributed by atoms with Crippen molar-refractivity contribution < 1.29 is 32.7 Å². The molecule has 2 rings (SSSR count). The van der Waals surface area contributed by atoms with E-state index in [0.717, 1.165) is 5.01 Å². The molecular weight excluding hydrogens is 243 g/mol. The van der Waals surface area contributed by atoms with E-state index < -0.39 is 0 Å². The van der Waals surface area contributed by atoms with Crippen LogP contribution in [0.5, 0.6) is 0 Å². The first-order valence-electron chi connectivity index (χ1n) is 3.42. The standard InChI is InChI=1S/C9H7NS.Y/c1-2-4-8(5-3-1)9-10-6-7-11-9;/h1-7H;. The Balaban J connectivity index is 0.000000720. The van der Waals surface area contributed by atoms with Gasteiger partial charge in [0.05, 0.1) is 0 Å². The topological polar surface area (TPSA) is 12.9 Å². The molecular formula is C9H7NSY. The zero-order chi connectivity index (χ0) is 7.52. The van der Waals surface area contributed by atoms with E-state index in [1.165, 1.54) is 5.56 Å². The molecule has 0 amide bonds. The number of thiazole rings is 1. The number of rotatable bonds is 1. The van der Waals surface area contributed by atoms with E-state index in [0.29, 0.717) is 0 Å². The van der Waals surface area contributed by atoms with Crippen LogP contribution in [0.25, 0.3) is 10.6 Å². The predicted octanol–water partition coefficient (Wildman–Crippen LogP) is 2.81. The fourth-order valence-corrected chi connectivity index (χ4v) is 1.59. The van der Waals surface area contributed by atoms with Gasteiger partial charge in [-0.15, -0.1) is 11.3 Å². The van der Waals surface area contributed by atoms with Gasteiger partial charge in [-0.3, -0.25) is 0 Å². The first-order chi connectivity index (χ1) is 5.47. The Morgan fingerprint density at radius 3 is 2.42 bits per heavy atom. The summed E-state index contributed by atoms with van der Waals surface area (Å²) in [5.41, 5.74) is 1.20. The molecule has 12 heavy (non-hydrogen) atoms. The summed E-state index contributed by atoms with van der Waals surface area (Å²) in [5, 5.41) is 3.08. The minimum Gasteiger partial charge on any atom is -0.245 e. The molecule has 0 atom stereocenters. The van der Waals surface area contributed by atoms with Crippen LogP contribution in [0.15, 0.2) is 41.9 Å². The SMILES string of the molecule is [Y].c1ccc(-c2nccs2)cc1. The molecule has 0 spiro atoms. The van der Waals surface area contributed by atoms with Crippen molar-refractivity contribution in [3.8, 4) is 10.6 Å². The van der Waals surface area contributed by atoms with Crippen LogP contribution >= 0.6 is 11.3 Å². The van der Waals surface area contributed by atoms with Gasteiger partial charge in [-0.25, -0.2) is 4.98 Å². The Kier molecular flexibility index (Phi) is 4.06. The number of hydrogen-bond acceptors (Lipinski definition) is 2. The maximum atomic E-state index is 4.20. The molecule has 1 radical (unpaired) electrons. The molecule has 0 unspecified atom stereocenters. The average molecular weight is 250 g/mol. The van der Waals surface area contributed by atoms with Crippen molar-refractivity contribution in [1.82, 2.24) is 4.98 Å². The van der Waals surface area contributed by atoms with E-state index in [1.54, 1.807) is 11.3 Å². The molecule has 1 aromatic carbocycles. The van der Waals surface area contributed by atoms with Crippen molar-refractivity contribution in [2.24, 2.45) is 0 Å². The molecule has 0 fully saturated rings. The van der Waals surface area contributed by atoms with Gasteiger partial charge >= 0.3 is 0 Å². The van der Waals surface area contributed by atoms with Crippen molar-refractivity contribution in [3.05, 3.63) is 41.9 Å². The van der Waals surface area contributed by atoms with Crippen molar-refractivity contribution in [3.63, 3.8) is 0 Å².